The van der Waals surface area contributed by atoms with E-state index in [1.165, 1.54) is 25.3 Å². The lowest BCUT2D eigenvalue weighted by molar-refractivity contribution is 0.0902. The molecular formula is C28H26FN3O5. The minimum absolute atomic E-state index is 0.116. The summed E-state index contributed by atoms with van der Waals surface area (Å²) in [6, 6.07) is 12.3. The van der Waals surface area contributed by atoms with Crippen LogP contribution in [-0.2, 0) is 6.42 Å². The van der Waals surface area contributed by atoms with Crippen LogP contribution in [0.15, 0.2) is 48.7 Å². The lowest BCUT2D eigenvalue weighted by Gasteiger charge is -2.12. The molecule has 0 aliphatic carbocycles. The van der Waals surface area contributed by atoms with Crippen molar-refractivity contribution in [1.82, 2.24) is 15.3 Å². The molecule has 2 N–H and O–H groups in total. The summed E-state index contributed by atoms with van der Waals surface area (Å²) in [6.45, 7) is 1.56. The van der Waals surface area contributed by atoms with Crippen molar-refractivity contribution in [3.8, 4) is 28.5 Å². The molecule has 1 aliphatic heterocycles. The number of H-pyrrole nitrogens is 1. The number of pyridine rings is 1. The number of alkyl halides is 1. The van der Waals surface area contributed by atoms with E-state index in [0.717, 1.165) is 27.6 Å². The molecule has 0 bridgehead atoms. The highest BCUT2D eigenvalue weighted by atomic mass is 19.1. The number of aryl methyl sites for hydroxylation is 1. The lowest BCUT2D eigenvalue weighted by atomic mass is 10.0. The van der Waals surface area contributed by atoms with Crippen LogP contribution in [0, 0.1) is 6.92 Å². The number of hydrogen-bond donors (Lipinski definition) is 2. The summed E-state index contributed by atoms with van der Waals surface area (Å²) in [6.07, 6.45) is 2.56. The van der Waals surface area contributed by atoms with Gasteiger partial charge in [-0.05, 0) is 36.8 Å². The van der Waals surface area contributed by atoms with E-state index in [1.54, 1.807) is 6.07 Å². The SMILES string of the molecule is COc1cc(C(=O)NCC(=O)c2cc3c(c(-c4c[nH]c5c(C)cccc45)n2)OCC3)ccc1OCCF. The van der Waals surface area contributed by atoms with Crippen molar-refractivity contribution >= 4 is 22.6 Å². The van der Waals surface area contributed by atoms with Gasteiger partial charge in [-0.25, -0.2) is 9.37 Å². The van der Waals surface area contributed by atoms with Gasteiger partial charge in [0, 0.05) is 40.2 Å². The van der Waals surface area contributed by atoms with Gasteiger partial charge in [-0.1, -0.05) is 18.2 Å². The molecule has 2 aromatic heterocycles. The largest absolute Gasteiger partial charge is 0.493 e. The summed E-state index contributed by atoms with van der Waals surface area (Å²) in [5.74, 6) is 0.532. The Balaban J connectivity index is 1.37. The van der Waals surface area contributed by atoms with Crippen LogP contribution in [0.4, 0.5) is 4.39 Å². The van der Waals surface area contributed by atoms with E-state index in [0.29, 0.717) is 36.0 Å². The van der Waals surface area contributed by atoms with Crippen LogP contribution in [-0.4, -0.2) is 55.2 Å². The monoisotopic (exact) mass is 503 g/mol. The standard InChI is InChI=1S/C28H26FN3O5/c1-16-4-3-5-19-20(14-30-25(16)19)26-27-17(8-10-37-27)12-21(32-26)22(33)15-31-28(34)18-6-7-23(36-11-9-29)24(13-18)35-2/h3-7,12-14,30H,8-11,15H2,1-2H3,(H,31,34). The van der Waals surface area contributed by atoms with Gasteiger partial charge in [-0.2, -0.15) is 0 Å². The Morgan fingerprint density at radius 2 is 2.05 bits per heavy atom. The number of fused-ring (bicyclic) bond motifs is 2. The maximum absolute atomic E-state index is 13.1. The molecule has 37 heavy (non-hydrogen) atoms. The third kappa shape index (κ3) is 4.72. The molecule has 0 saturated carbocycles. The number of amides is 1. The van der Waals surface area contributed by atoms with Gasteiger partial charge >= 0.3 is 0 Å². The van der Waals surface area contributed by atoms with Crippen LogP contribution in [0.3, 0.4) is 0 Å². The van der Waals surface area contributed by atoms with Gasteiger partial charge < -0.3 is 24.5 Å². The third-order valence-corrected chi connectivity index (χ3v) is 6.30. The third-order valence-electron chi connectivity index (χ3n) is 6.30. The Bertz CT molecular complexity index is 1500. The Morgan fingerprint density at radius 1 is 1.19 bits per heavy atom. The molecule has 190 valence electrons. The Labute approximate surface area is 212 Å². The molecule has 0 atom stereocenters. The molecule has 9 heteroatoms. The van der Waals surface area contributed by atoms with Crippen molar-refractivity contribution in [3.05, 3.63) is 71.0 Å². The van der Waals surface area contributed by atoms with Crippen LogP contribution in [0.2, 0.25) is 0 Å². The molecule has 1 aliphatic rings. The van der Waals surface area contributed by atoms with E-state index < -0.39 is 12.6 Å². The van der Waals surface area contributed by atoms with Gasteiger partial charge in [0.2, 0.25) is 0 Å². The number of para-hydroxylation sites is 1. The number of nitrogens with one attached hydrogen (secondary N) is 2. The summed E-state index contributed by atoms with van der Waals surface area (Å²) in [4.78, 5) is 33.8. The van der Waals surface area contributed by atoms with E-state index in [2.05, 4.69) is 15.3 Å². The predicted molar refractivity (Wildman–Crippen MR) is 137 cm³/mol. The highest BCUT2D eigenvalue weighted by Gasteiger charge is 2.25. The first kappa shape index (κ1) is 24.3. The number of carbonyl (C=O) groups is 2. The zero-order valence-electron chi connectivity index (χ0n) is 20.5. The fourth-order valence-corrected chi connectivity index (χ4v) is 4.45. The number of methoxy groups -OCH3 is 1. The number of benzene rings is 2. The van der Waals surface area contributed by atoms with Crippen LogP contribution in [0.25, 0.3) is 22.2 Å². The second-order valence-electron chi connectivity index (χ2n) is 8.65. The van der Waals surface area contributed by atoms with Gasteiger partial charge in [0.15, 0.2) is 17.3 Å². The summed E-state index contributed by atoms with van der Waals surface area (Å²) in [7, 11) is 1.43. The molecule has 2 aromatic carbocycles. The summed E-state index contributed by atoms with van der Waals surface area (Å²) in [5.41, 5.74) is 5.03. The summed E-state index contributed by atoms with van der Waals surface area (Å²) < 4.78 is 28.8. The number of aromatic nitrogens is 2. The second-order valence-corrected chi connectivity index (χ2v) is 8.65. The van der Waals surface area contributed by atoms with E-state index in [4.69, 9.17) is 14.2 Å². The van der Waals surface area contributed by atoms with Crippen molar-refractivity contribution in [2.24, 2.45) is 0 Å². The molecule has 0 radical (unpaired) electrons. The summed E-state index contributed by atoms with van der Waals surface area (Å²) >= 11 is 0. The van der Waals surface area contributed by atoms with Gasteiger partial charge in [0.1, 0.15) is 30.4 Å². The maximum atomic E-state index is 13.1. The average molecular weight is 504 g/mol. The van der Waals surface area contributed by atoms with Gasteiger partial charge in [0.25, 0.3) is 5.91 Å². The highest BCUT2D eigenvalue weighted by molar-refractivity contribution is 6.03. The average Bonchev–Trinajstić information content (AvgIpc) is 3.57. The normalized spacial score (nSPS) is 12.2. The van der Waals surface area contributed by atoms with E-state index in [-0.39, 0.29) is 30.2 Å². The van der Waals surface area contributed by atoms with E-state index in [1.807, 2.05) is 31.3 Å². The topological polar surface area (TPSA) is 103 Å². The van der Waals surface area contributed by atoms with Gasteiger partial charge in [-0.3, -0.25) is 9.59 Å². The predicted octanol–water partition coefficient (Wildman–Crippen LogP) is 4.44. The number of carbonyl (C=O) groups excluding carboxylic acids is 2. The minimum Gasteiger partial charge on any atom is -0.493 e. The molecule has 0 fully saturated rings. The lowest BCUT2D eigenvalue weighted by Crippen LogP contribution is -2.30. The molecule has 8 nitrogen and oxygen atoms in total. The molecule has 5 rings (SSSR count). The van der Waals surface area contributed by atoms with Crippen LogP contribution in [0.5, 0.6) is 17.2 Å². The summed E-state index contributed by atoms with van der Waals surface area (Å²) in [5, 5.41) is 3.64. The number of aromatic amines is 1. The van der Waals surface area contributed by atoms with Crippen LogP contribution >= 0.6 is 0 Å². The second kappa shape index (κ2) is 10.3. The van der Waals surface area contributed by atoms with E-state index in [9.17, 15) is 14.0 Å². The Hall–Kier alpha value is -4.40. The first-order chi connectivity index (χ1) is 18.0. The first-order valence-corrected chi connectivity index (χ1v) is 11.9. The van der Waals surface area contributed by atoms with Gasteiger partial charge in [0.05, 0.1) is 20.3 Å². The van der Waals surface area contributed by atoms with Crippen molar-refractivity contribution in [2.75, 3.05) is 33.5 Å². The smallest absolute Gasteiger partial charge is 0.251 e. The number of Topliss-reactive ketones (excluding diaryl/α,β-unsaturated/α-hetero) is 1. The molecule has 1 amide bonds. The highest BCUT2D eigenvalue weighted by Crippen LogP contribution is 2.39. The van der Waals surface area contributed by atoms with Crippen molar-refractivity contribution < 1.29 is 28.2 Å². The Morgan fingerprint density at radius 3 is 2.86 bits per heavy atom. The molecule has 0 unspecified atom stereocenters. The number of hydrogen-bond acceptors (Lipinski definition) is 6. The molecule has 4 aromatic rings. The first-order valence-electron chi connectivity index (χ1n) is 11.9. The van der Waals surface area contributed by atoms with Crippen LogP contribution < -0.4 is 19.5 Å². The Kier molecular flexibility index (Phi) is 6.76. The van der Waals surface area contributed by atoms with E-state index >= 15 is 0 Å². The van der Waals surface area contributed by atoms with Crippen molar-refractivity contribution in [1.29, 1.82) is 0 Å². The molecule has 0 spiro atoms. The number of nitrogens with zero attached hydrogens (tertiary/aromatic N) is 1. The number of halogens is 1. The molecular weight excluding hydrogens is 477 g/mol. The molecule has 0 saturated heterocycles. The number of rotatable bonds is 9. The minimum atomic E-state index is -0.641. The number of ketones is 1. The fraction of sp³-hybridized carbons (Fsp3) is 0.250. The zero-order valence-corrected chi connectivity index (χ0v) is 20.5. The van der Waals surface area contributed by atoms with Crippen molar-refractivity contribution in [3.63, 3.8) is 0 Å². The number of ether oxygens (including phenoxy) is 3. The van der Waals surface area contributed by atoms with Crippen molar-refractivity contribution in [2.45, 2.75) is 13.3 Å². The maximum Gasteiger partial charge on any atom is 0.251 e. The zero-order chi connectivity index (χ0) is 25.9. The van der Waals surface area contributed by atoms with Crippen LogP contribution in [0.1, 0.15) is 32.0 Å². The van der Waals surface area contributed by atoms with Gasteiger partial charge in [-0.15, -0.1) is 0 Å². The quantitative estimate of drug-likeness (QED) is 0.328. The molecule has 3 heterocycles. The fourth-order valence-electron chi connectivity index (χ4n) is 4.45.